The summed E-state index contributed by atoms with van der Waals surface area (Å²) in [6, 6.07) is 25.9. The third-order valence-corrected chi connectivity index (χ3v) is 7.24. The normalized spacial score (nSPS) is 14.3. The van der Waals surface area contributed by atoms with Crippen molar-refractivity contribution in [2.24, 2.45) is 5.92 Å². The number of benzene rings is 3. The number of nitrogens with one attached hydrogen (secondary N) is 2. The van der Waals surface area contributed by atoms with Gasteiger partial charge in [0.05, 0.1) is 0 Å². The Kier molecular flexibility index (Phi) is 10.7. The summed E-state index contributed by atoms with van der Waals surface area (Å²) in [7, 11) is 0. The van der Waals surface area contributed by atoms with Crippen LogP contribution in [0.15, 0.2) is 84.9 Å². The molecule has 1 heterocycles. The minimum absolute atomic E-state index is 0.0230. The van der Waals surface area contributed by atoms with Gasteiger partial charge in [-0.2, -0.15) is 0 Å². The predicted molar refractivity (Wildman–Crippen MR) is 157 cm³/mol. The Morgan fingerprint density at radius 1 is 0.875 bits per heavy atom. The van der Waals surface area contributed by atoms with Crippen molar-refractivity contribution in [1.82, 2.24) is 10.2 Å². The molecule has 210 valence electrons. The zero-order valence-corrected chi connectivity index (χ0v) is 23.2. The van der Waals surface area contributed by atoms with Gasteiger partial charge in [0, 0.05) is 31.1 Å². The van der Waals surface area contributed by atoms with Crippen LogP contribution in [0.4, 0.5) is 5.69 Å². The number of likely N-dealkylation sites (tertiary alicyclic amines) is 1. The molecule has 1 aliphatic heterocycles. The zero-order chi connectivity index (χ0) is 28.2. The van der Waals surface area contributed by atoms with Crippen molar-refractivity contribution in [2.45, 2.75) is 58.1 Å². The topological polar surface area (TPSA) is 87.7 Å². The molecule has 1 atom stereocenters. The number of carbonyl (C=O) groups is 3. The average molecular weight is 542 g/mol. The van der Waals surface area contributed by atoms with Gasteiger partial charge in [0.15, 0.2) is 0 Å². The monoisotopic (exact) mass is 541 g/mol. The van der Waals surface area contributed by atoms with E-state index in [4.69, 9.17) is 4.74 Å². The predicted octanol–water partition coefficient (Wildman–Crippen LogP) is 5.88. The maximum Gasteiger partial charge on any atom is 0.249 e. The van der Waals surface area contributed by atoms with E-state index in [0.29, 0.717) is 50.3 Å². The minimum atomic E-state index is -0.785. The summed E-state index contributed by atoms with van der Waals surface area (Å²) in [5.41, 5.74) is 2.55. The molecule has 1 fully saturated rings. The Hall–Kier alpha value is -4.13. The van der Waals surface area contributed by atoms with Crippen molar-refractivity contribution in [1.29, 1.82) is 0 Å². The molecule has 4 rings (SSSR count). The summed E-state index contributed by atoms with van der Waals surface area (Å²) < 4.78 is 5.91. The highest BCUT2D eigenvalue weighted by Gasteiger charge is 2.32. The fraction of sp³-hybridized carbons (Fsp3) is 0.364. The molecule has 2 N–H and O–H groups in total. The molecule has 0 spiro atoms. The smallest absolute Gasteiger partial charge is 0.249 e. The molecule has 0 radical (unpaired) electrons. The van der Waals surface area contributed by atoms with E-state index in [0.717, 1.165) is 30.5 Å². The largest absolute Gasteiger partial charge is 0.489 e. The lowest BCUT2D eigenvalue weighted by atomic mass is 9.94. The van der Waals surface area contributed by atoms with Gasteiger partial charge >= 0.3 is 0 Å². The third-order valence-electron chi connectivity index (χ3n) is 7.24. The lowest BCUT2D eigenvalue weighted by molar-refractivity contribution is -0.139. The van der Waals surface area contributed by atoms with Gasteiger partial charge in [-0.3, -0.25) is 14.4 Å². The average Bonchev–Trinajstić information content (AvgIpc) is 3.00. The Labute approximate surface area is 236 Å². The van der Waals surface area contributed by atoms with E-state index in [-0.39, 0.29) is 23.6 Å². The molecule has 3 aromatic carbocycles. The molecule has 0 aromatic heterocycles. The number of para-hydroxylation sites is 1. The number of nitrogens with zero attached hydrogens (tertiary/aromatic N) is 1. The number of rotatable bonds is 12. The number of hydrogen-bond acceptors (Lipinski definition) is 4. The summed E-state index contributed by atoms with van der Waals surface area (Å²) in [6.07, 6.45) is 4.32. The molecule has 0 bridgehead atoms. The van der Waals surface area contributed by atoms with Gasteiger partial charge in [-0.05, 0) is 54.7 Å². The van der Waals surface area contributed by atoms with E-state index in [9.17, 15) is 14.4 Å². The zero-order valence-electron chi connectivity index (χ0n) is 23.2. The molecule has 3 aromatic rings. The second kappa shape index (κ2) is 14.9. The molecule has 0 unspecified atom stereocenters. The van der Waals surface area contributed by atoms with Gasteiger partial charge in [0.1, 0.15) is 18.4 Å². The molecule has 40 heavy (non-hydrogen) atoms. The molecular formula is C33H39N3O4. The van der Waals surface area contributed by atoms with Crippen LogP contribution in [0.5, 0.6) is 5.75 Å². The summed E-state index contributed by atoms with van der Waals surface area (Å²) in [4.78, 5) is 41.0. The van der Waals surface area contributed by atoms with Crippen molar-refractivity contribution in [3.8, 4) is 5.75 Å². The Morgan fingerprint density at radius 2 is 1.52 bits per heavy atom. The van der Waals surface area contributed by atoms with E-state index in [1.807, 2.05) is 84.9 Å². The van der Waals surface area contributed by atoms with Gasteiger partial charge in [0.2, 0.25) is 17.7 Å². The number of amides is 3. The van der Waals surface area contributed by atoms with Crippen LogP contribution < -0.4 is 15.4 Å². The summed E-state index contributed by atoms with van der Waals surface area (Å²) in [6.45, 7) is 3.47. The van der Waals surface area contributed by atoms with E-state index >= 15 is 0 Å². The quantitative estimate of drug-likeness (QED) is 0.280. The summed E-state index contributed by atoms with van der Waals surface area (Å²) >= 11 is 0. The first-order chi connectivity index (χ1) is 19.5. The fourth-order valence-electron chi connectivity index (χ4n) is 4.86. The van der Waals surface area contributed by atoms with Gasteiger partial charge in [-0.1, -0.05) is 80.4 Å². The van der Waals surface area contributed by atoms with Crippen LogP contribution in [0, 0.1) is 5.92 Å². The van der Waals surface area contributed by atoms with E-state index in [1.54, 1.807) is 4.90 Å². The van der Waals surface area contributed by atoms with Crippen molar-refractivity contribution >= 4 is 23.4 Å². The van der Waals surface area contributed by atoms with Gasteiger partial charge in [-0.25, -0.2) is 0 Å². The SMILES string of the molecule is CCCCCC(=O)N[C@H](C(=O)N1CCC(C(=O)Nc2ccccc2)CC1)c1ccc(OCc2ccccc2)cc1. The summed E-state index contributed by atoms with van der Waals surface area (Å²) in [5.74, 6) is 0.230. The number of piperidine rings is 1. The maximum absolute atomic E-state index is 13.7. The third kappa shape index (κ3) is 8.43. The number of hydrogen-bond donors (Lipinski definition) is 2. The van der Waals surface area contributed by atoms with Crippen LogP contribution in [0.25, 0.3) is 0 Å². The lowest BCUT2D eigenvalue weighted by Crippen LogP contribution is -2.47. The molecule has 1 saturated heterocycles. The maximum atomic E-state index is 13.7. The fourth-order valence-corrected chi connectivity index (χ4v) is 4.86. The van der Waals surface area contributed by atoms with Crippen molar-refractivity contribution in [2.75, 3.05) is 18.4 Å². The van der Waals surface area contributed by atoms with Crippen LogP contribution in [0.3, 0.4) is 0 Å². The van der Waals surface area contributed by atoms with Crippen LogP contribution in [-0.4, -0.2) is 35.7 Å². The molecule has 7 nitrogen and oxygen atoms in total. The molecular weight excluding hydrogens is 502 g/mol. The van der Waals surface area contributed by atoms with Crippen LogP contribution >= 0.6 is 0 Å². The standard InChI is InChI=1S/C33H39N3O4/c1-2-3-6-15-30(37)35-31(26-16-18-29(19-17-26)40-24-25-11-7-4-8-12-25)33(39)36-22-20-27(21-23-36)32(38)34-28-13-9-5-10-14-28/h4-5,7-14,16-19,27,31H,2-3,6,15,20-24H2,1H3,(H,34,38)(H,35,37)/t31-/m0/s1. The van der Waals surface area contributed by atoms with Crippen LogP contribution in [-0.2, 0) is 21.0 Å². The van der Waals surface area contributed by atoms with E-state index in [2.05, 4.69) is 17.6 Å². The highest BCUT2D eigenvalue weighted by atomic mass is 16.5. The number of carbonyl (C=O) groups excluding carboxylic acids is 3. The molecule has 1 aliphatic rings. The first-order valence-corrected chi connectivity index (χ1v) is 14.2. The van der Waals surface area contributed by atoms with Gasteiger partial charge in [-0.15, -0.1) is 0 Å². The highest BCUT2D eigenvalue weighted by Crippen LogP contribution is 2.25. The Balaban J connectivity index is 1.39. The highest BCUT2D eigenvalue weighted by molar-refractivity contribution is 5.93. The molecule has 7 heteroatoms. The Bertz CT molecular complexity index is 1220. The van der Waals surface area contributed by atoms with Gasteiger partial charge in [0.25, 0.3) is 0 Å². The number of ether oxygens (including phenoxy) is 1. The Morgan fingerprint density at radius 3 is 2.17 bits per heavy atom. The van der Waals surface area contributed by atoms with Crippen LogP contribution in [0.2, 0.25) is 0 Å². The molecule has 3 amide bonds. The van der Waals surface area contributed by atoms with E-state index in [1.165, 1.54) is 0 Å². The molecule has 0 saturated carbocycles. The first kappa shape index (κ1) is 28.9. The second-order valence-electron chi connectivity index (χ2n) is 10.3. The van der Waals surface area contributed by atoms with Gasteiger partial charge < -0.3 is 20.3 Å². The van der Waals surface area contributed by atoms with Crippen molar-refractivity contribution in [3.05, 3.63) is 96.1 Å². The van der Waals surface area contributed by atoms with E-state index < -0.39 is 6.04 Å². The second-order valence-corrected chi connectivity index (χ2v) is 10.3. The lowest BCUT2D eigenvalue weighted by Gasteiger charge is -2.34. The number of unbranched alkanes of at least 4 members (excludes halogenated alkanes) is 2. The van der Waals surface area contributed by atoms with Crippen molar-refractivity contribution < 1.29 is 19.1 Å². The summed E-state index contributed by atoms with van der Waals surface area (Å²) in [5, 5.41) is 5.95. The first-order valence-electron chi connectivity index (χ1n) is 14.2. The molecule has 0 aliphatic carbocycles. The number of anilines is 1. The minimum Gasteiger partial charge on any atom is -0.489 e. The van der Waals surface area contributed by atoms with Crippen molar-refractivity contribution in [3.63, 3.8) is 0 Å². The van der Waals surface area contributed by atoms with Crippen LogP contribution in [0.1, 0.15) is 62.6 Å².